The first-order chi connectivity index (χ1) is 15.4. The van der Waals surface area contributed by atoms with Gasteiger partial charge in [0.15, 0.2) is 5.78 Å². The highest BCUT2D eigenvalue weighted by Gasteiger charge is 2.11. The van der Waals surface area contributed by atoms with Crippen LogP contribution in [0.25, 0.3) is 11.1 Å². The molecule has 0 aliphatic carbocycles. The summed E-state index contributed by atoms with van der Waals surface area (Å²) in [6.07, 6.45) is 1.19. The van der Waals surface area contributed by atoms with E-state index in [4.69, 9.17) is 5.73 Å². The van der Waals surface area contributed by atoms with Gasteiger partial charge in [0.25, 0.3) is 0 Å². The molecular weight excluding hydrogens is 398 g/mol. The van der Waals surface area contributed by atoms with E-state index in [2.05, 4.69) is 23.1 Å². The lowest BCUT2D eigenvalue weighted by Crippen LogP contribution is -2.32. The summed E-state index contributed by atoms with van der Waals surface area (Å²) in [6.45, 7) is 0.515. The van der Waals surface area contributed by atoms with Crippen LogP contribution in [-0.2, 0) is 17.8 Å². The van der Waals surface area contributed by atoms with Gasteiger partial charge in [0, 0.05) is 45.4 Å². The Hall–Kier alpha value is -3.44. The van der Waals surface area contributed by atoms with Crippen LogP contribution in [0.5, 0.6) is 0 Å². The van der Waals surface area contributed by atoms with Gasteiger partial charge in [-0.2, -0.15) is 0 Å². The largest absolute Gasteiger partial charge is 0.377 e. The Morgan fingerprint density at radius 3 is 2.25 bits per heavy atom. The summed E-state index contributed by atoms with van der Waals surface area (Å²) in [6, 6.07) is 24.0. The maximum atomic E-state index is 12.8. The lowest BCUT2D eigenvalue weighted by molar-refractivity contribution is -0.128. The predicted octanol–water partition coefficient (Wildman–Crippen LogP) is 4.15. The van der Waals surface area contributed by atoms with Crippen molar-refractivity contribution in [3.63, 3.8) is 0 Å². The molecule has 0 aliphatic rings. The predicted molar refractivity (Wildman–Crippen MR) is 131 cm³/mol. The molecule has 0 saturated carbocycles. The Kier molecular flexibility index (Phi) is 7.79. The van der Waals surface area contributed by atoms with Crippen molar-refractivity contribution in [1.82, 2.24) is 4.90 Å². The molecule has 166 valence electrons. The number of ketones is 1. The summed E-state index contributed by atoms with van der Waals surface area (Å²) in [7, 11) is 5.78. The highest BCUT2D eigenvalue weighted by molar-refractivity contribution is 5.96. The van der Waals surface area contributed by atoms with Crippen LogP contribution in [0, 0.1) is 0 Å². The van der Waals surface area contributed by atoms with Gasteiger partial charge in [-0.05, 0) is 40.8 Å². The molecule has 0 aromatic heterocycles. The van der Waals surface area contributed by atoms with Gasteiger partial charge in [-0.25, -0.2) is 0 Å². The summed E-state index contributed by atoms with van der Waals surface area (Å²) in [5.74, 6) is 0.0484. The molecule has 0 aliphatic heterocycles. The fraction of sp³-hybridized carbons (Fsp3) is 0.259. The second-order valence-electron chi connectivity index (χ2n) is 8.18. The van der Waals surface area contributed by atoms with Crippen LogP contribution in [-0.4, -0.2) is 44.3 Å². The van der Waals surface area contributed by atoms with E-state index in [1.54, 1.807) is 11.9 Å². The van der Waals surface area contributed by atoms with Gasteiger partial charge in [-0.3, -0.25) is 9.59 Å². The van der Waals surface area contributed by atoms with Gasteiger partial charge >= 0.3 is 0 Å². The van der Waals surface area contributed by atoms with Crippen molar-refractivity contribution in [2.45, 2.75) is 19.4 Å². The number of Topliss-reactive ketones (excluding diaryl/α,β-unsaturated/α-hetero) is 1. The van der Waals surface area contributed by atoms with Crippen LogP contribution in [0.2, 0.25) is 0 Å². The fourth-order valence-corrected chi connectivity index (χ4v) is 3.77. The molecule has 1 amide bonds. The van der Waals surface area contributed by atoms with Crippen molar-refractivity contribution in [2.24, 2.45) is 5.73 Å². The lowest BCUT2D eigenvalue weighted by Gasteiger charge is -2.17. The number of hydrogen-bond donors (Lipinski definition) is 1. The summed E-state index contributed by atoms with van der Waals surface area (Å²) in [5, 5.41) is 0. The van der Waals surface area contributed by atoms with Crippen LogP contribution in [0.15, 0.2) is 72.8 Å². The summed E-state index contributed by atoms with van der Waals surface area (Å²) in [4.78, 5) is 28.2. The number of nitrogens with zero attached hydrogens (tertiary/aromatic N) is 2. The molecule has 3 rings (SSSR count). The van der Waals surface area contributed by atoms with E-state index in [9.17, 15) is 9.59 Å². The Morgan fingerprint density at radius 2 is 1.56 bits per heavy atom. The smallest absolute Gasteiger partial charge is 0.236 e. The van der Waals surface area contributed by atoms with E-state index in [1.165, 1.54) is 5.56 Å². The third kappa shape index (κ3) is 5.83. The molecular formula is C27H31N3O2. The van der Waals surface area contributed by atoms with Crippen molar-refractivity contribution >= 4 is 17.4 Å². The third-order valence-electron chi connectivity index (χ3n) is 5.58. The molecule has 5 nitrogen and oxygen atoms in total. The normalized spacial score (nSPS) is 10.6. The second kappa shape index (κ2) is 10.7. The Bertz CT molecular complexity index is 1070. The van der Waals surface area contributed by atoms with Gasteiger partial charge in [-0.1, -0.05) is 60.7 Å². The Balaban J connectivity index is 1.67. The van der Waals surface area contributed by atoms with Crippen LogP contribution < -0.4 is 10.6 Å². The van der Waals surface area contributed by atoms with E-state index in [0.29, 0.717) is 19.4 Å². The SMILES string of the molecule is CN(Cc1cccc(-c2ccc(C(=O)CCc3ccccc3N(C)C)cc2)c1)C(=O)CN. The minimum Gasteiger partial charge on any atom is -0.377 e. The summed E-state index contributed by atoms with van der Waals surface area (Å²) < 4.78 is 0. The minimum atomic E-state index is -0.0912. The van der Waals surface area contributed by atoms with E-state index >= 15 is 0 Å². The molecule has 5 heteroatoms. The van der Waals surface area contributed by atoms with Crippen molar-refractivity contribution in [3.8, 4) is 11.1 Å². The highest BCUT2D eigenvalue weighted by Crippen LogP contribution is 2.23. The monoisotopic (exact) mass is 429 g/mol. The van der Waals surface area contributed by atoms with Gasteiger partial charge in [-0.15, -0.1) is 0 Å². The molecule has 3 aromatic rings. The first kappa shape index (κ1) is 23.2. The number of hydrogen-bond acceptors (Lipinski definition) is 4. The van der Waals surface area contributed by atoms with E-state index in [-0.39, 0.29) is 18.2 Å². The zero-order valence-corrected chi connectivity index (χ0v) is 19.0. The number of aryl methyl sites for hydroxylation is 1. The molecule has 0 unspecified atom stereocenters. The number of amides is 1. The Morgan fingerprint density at radius 1 is 0.844 bits per heavy atom. The van der Waals surface area contributed by atoms with Crippen LogP contribution >= 0.6 is 0 Å². The Labute approximate surface area is 190 Å². The van der Waals surface area contributed by atoms with Gasteiger partial charge in [0.2, 0.25) is 5.91 Å². The highest BCUT2D eigenvalue weighted by atomic mass is 16.2. The first-order valence-corrected chi connectivity index (χ1v) is 10.8. The first-order valence-electron chi connectivity index (χ1n) is 10.8. The number of carbonyl (C=O) groups is 2. The number of carbonyl (C=O) groups excluding carboxylic acids is 2. The maximum Gasteiger partial charge on any atom is 0.236 e. The van der Waals surface area contributed by atoms with Crippen molar-refractivity contribution in [1.29, 1.82) is 0 Å². The molecule has 32 heavy (non-hydrogen) atoms. The number of anilines is 1. The zero-order valence-electron chi connectivity index (χ0n) is 19.0. The van der Waals surface area contributed by atoms with Crippen LogP contribution in [0.1, 0.15) is 27.9 Å². The topological polar surface area (TPSA) is 66.6 Å². The van der Waals surface area contributed by atoms with Crippen molar-refractivity contribution in [3.05, 3.63) is 89.5 Å². The summed E-state index contributed by atoms with van der Waals surface area (Å²) in [5.41, 5.74) is 11.6. The van der Waals surface area contributed by atoms with Crippen LogP contribution in [0.3, 0.4) is 0 Å². The van der Waals surface area contributed by atoms with Gasteiger partial charge in [0.1, 0.15) is 0 Å². The summed E-state index contributed by atoms with van der Waals surface area (Å²) >= 11 is 0. The molecule has 0 bridgehead atoms. The van der Waals surface area contributed by atoms with Gasteiger partial charge in [0.05, 0.1) is 6.54 Å². The second-order valence-corrected chi connectivity index (χ2v) is 8.18. The molecule has 0 radical (unpaired) electrons. The molecule has 0 spiro atoms. The maximum absolute atomic E-state index is 12.8. The standard InChI is InChI=1S/C27H31N3O2/c1-29(2)25-10-5-4-8-22(25)15-16-26(31)23-13-11-21(12-14-23)24-9-6-7-20(17-24)19-30(3)27(32)18-28/h4-14,17H,15-16,18-19,28H2,1-3H3. The van der Waals surface area contributed by atoms with Gasteiger partial charge < -0.3 is 15.5 Å². The number of likely N-dealkylation sites (N-methyl/N-ethyl adjacent to an activating group) is 1. The average Bonchev–Trinajstić information content (AvgIpc) is 2.82. The third-order valence-corrected chi connectivity index (χ3v) is 5.58. The molecule has 0 heterocycles. The van der Waals surface area contributed by atoms with E-state index in [1.807, 2.05) is 68.7 Å². The van der Waals surface area contributed by atoms with Crippen molar-refractivity contribution in [2.75, 3.05) is 32.6 Å². The number of benzene rings is 3. The molecule has 2 N–H and O–H groups in total. The van der Waals surface area contributed by atoms with E-state index < -0.39 is 0 Å². The lowest BCUT2D eigenvalue weighted by atomic mass is 9.98. The van der Waals surface area contributed by atoms with Crippen LogP contribution in [0.4, 0.5) is 5.69 Å². The number of nitrogens with two attached hydrogens (primary N) is 1. The molecule has 3 aromatic carbocycles. The van der Waals surface area contributed by atoms with Crippen molar-refractivity contribution < 1.29 is 9.59 Å². The number of rotatable bonds is 9. The quantitative estimate of drug-likeness (QED) is 0.519. The molecule has 0 atom stereocenters. The minimum absolute atomic E-state index is 0.00636. The number of para-hydroxylation sites is 1. The van der Waals surface area contributed by atoms with E-state index in [0.717, 1.165) is 27.9 Å². The fourth-order valence-electron chi connectivity index (χ4n) is 3.77. The molecule has 0 saturated heterocycles. The molecule has 0 fully saturated rings. The zero-order chi connectivity index (χ0) is 23.1. The average molecular weight is 430 g/mol.